The molecule has 78 valence electrons. The summed E-state index contributed by atoms with van der Waals surface area (Å²) >= 11 is 0. The van der Waals surface area contributed by atoms with Gasteiger partial charge in [0.15, 0.2) is 0 Å². The molecule has 0 aromatic heterocycles. The van der Waals surface area contributed by atoms with E-state index in [0.717, 1.165) is 0 Å². The fraction of sp³-hybridized carbons (Fsp3) is 0.556. The molecule has 0 radical (unpaired) electrons. The molecule has 1 aliphatic rings. The number of piperidine rings is 1. The zero-order chi connectivity index (χ0) is 10.6. The average molecular weight is 197 g/mol. The Morgan fingerprint density at radius 1 is 1.71 bits per heavy atom. The minimum Gasteiger partial charge on any atom is -0.404 e. The summed E-state index contributed by atoms with van der Waals surface area (Å²) in [6.45, 7) is 1.65. The maximum absolute atomic E-state index is 11.7. The average Bonchev–Trinajstić information content (AvgIpc) is 2.18. The minimum absolute atomic E-state index is 0.166. The number of nitrogens with two attached hydrogens (primary N) is 1. The van der Waals surface area contributed by atoms with Crippen molar-refractivity contribution in [3.8, 4) is 0 Å². The van der Waals surface area contributed by atoms with E-state index in [4.69, 9.17) is 15.9 Å². The van der Waals surface area contributed by atoms with Gasteiger partial charge in [-0.3, -0.25) is 4.79 Å². The van der Waals surface area contributed by atoms with Crippen LogP contribution in [-0.2, 0) is 9.53 Å². The second kappa shape index (κ2) is 4.76. The van der Waals surface area contributed by atoms with Crippen LogP contribution in [0.2, 0.25) is 0 Å². The van der Waals surface area contributed by atoms with Crippen LogP contribution in [0, 0.1) is 5.41 Å². The summed E-state index contributed by atoms with van der Waals surface area (Å²) in [5.41, 5.74) is 5.93. The van der Waals surface area contributed by atoms with Crippen molar-refractivity contribution in [2.45, 2.75) is 6.42 Å². The molecule has 0 spiro atoms. The van der Waals surface area contributed by atoms with E-state index in [1.54, 1.807) is 12.0 Å². The highest BCUT2D eigenvalue weighted by molar-refractivity contribution is 6.21. The number of ether oxygens (including phenoxy) is 1. The highest BCUT2D eigenvalue weighted by Crippen LogP contribution is 2.12. The maximum atomic E-state index is 11.7. The standard InChI is InChI=1S/C9H15N3O2/c1-14-5-4-12-3-2-8(11)7(6-10)9(12)13/h6,11H,2-5,10H2,1H3/b7-6+,11-8?. The largest absolute Gasteiger partial charge is 0.404 e. The number of rotatable bonds is 3. The molecule has 5 nitrogen and oxygen atoms in total. The Morgan fingerprint density at radius 3 is 3.00 bits per heavy atom. The van der Waals surface area contributed by atoms with Gasteiger partial charge in [-0.2, -0.15) is 0 Å². The van der Waals surface area contributed by atoms with Crippen molar-refractivity contribution in [1.82, 2.24) is 4.90 Å². The number of hydrogen-bond donors (Lipinski definition) is 2. The molecule has 0 aliphatic carbocycles. The lowest BCUT2D eigenvalue weighted by atomic mass is 10.0. The zero-order valence-corrected chi connectivity index (χ0v) is 8.25. The van der Waals surface area contributed by atoms with Crippen LogP contribution in [0.3, 0.4) is 0 Å². The number of hydrogen-bond acceptors (Lipinski definition) is 4. The molecule has 1 aliphatic heterocycles. The quantitative estimate of drug-likeness (QED) is 0.611. The first-order valence-corrected chi connectivity index (χ1v) is 4.48. The second-order valence-electron chi connectivity index (χ2n) is 3.09. The Labute approximate surface area is 83.0 Å². The Hall–Kier alpha value is -1.36. The van der Waals surface area contributed by atoms with E-state index < -0.39 is 0 Å². The molecule has 0 atom stereocenters. The molecule has 1 saturated heterocycles. The van der Waals surface area contributed by atoms with Gasteiger partial charge >= 0.3 is 0 Å². The predicted octanol–water partition coefficient (Wildman–Crippen LogP) is -0.273. The third-order valence-corrected chi connectivity index (χ3v) is 2.21. The Kier molecular flexibility index (Phi) is 3.64. The van der Waals surface area contributed by atoms with E-state index in [1.807, 2.05) is 0 Å². The van der Waals surface area contributed by atoms with Gasteiger partial charge in [0.05, 0.1) is 12.2 Å². The van der Waals surface area contributed by atoms with Crippen molar-refractivity contribution in [2.75, 3.05) is 26.8 Å². The molecule has 0 saturated carbocycles. The van der Waals surface area contributed by atoms with Crippen LogP contribution in [0.5, 0.6) is 0 Å². The fourth-order valence-corrected chi connectivity index (χ4v) is 1.37. The number of nitrogens with zero attached hydrogens (tertiary/aromatic N) is 1. The smallest absolute Gasteiger partial charge is 0.257 e. The minimum atomic E-state index is -0.166. The van der Waals surface area contributed by atoms with Gasteiger partial charge in [0, 0.05) is 38.5 Å². The molecule has 0 bridgehead atoms. The van der Waals surface area contributed by atoms with Crippen molar-refractivity contribution in [3.05, 3.63) is 11.8 Å². The second-order valence-corrected chi connectivity index (χ2v) is 3.09. The Morgan fingerprint density at radius 2 is 2.43 bits per heavy atom. The fourth-order valence-electron chi connectivity index (χ4n) is 1.37. The van der Waals surface area contributed by atoms with Gasteiger partial charge in [0.1, 0.15) is 0 Å². The first kappa shape index (κ1) is 10.7. The van der Waals surface area contributed by atoms with Gasteiger partial charge in [-0.25, -0.2) is 0 Å². The lowest BCUT2D eigenvalue weighted by molar-refractivity contribution is -0.127. The maximum Gasteiger partial charge on any atom is 0.257 e. The highest BCUT2D eigenvalue weighted by Gasteiger charge is 2.26. The van der Waals surface area contributed by atoms with E-state index in [1.165, 1.54) is 6.20 Å². The summed E-state index contributed by atoms with van der Waals surface area (Å²) in [6.07, 6.45) is 1.78. The van der Waals surface area contributed by atoms with Crippen LogP contribution in [0.15, 0.2) is 11.8 Å². The van der Waals surface area contributed by atoms with Gasteiger partial charge < -0.3 is 20.8 Å². The summed E-state index contributed by atoms with van der Waals surface area (Å²) in [6, 6.07) is 0. The van der Waals surface area contributed by atoms with E-state index in [9.17, 15) is 4.79 Å². The zero-order valence-electron chi connectivity index (χ0n) is 8.25. The van der Waals surface area contributed by atoms with Gasteiger partial charge in [0.25, 0.3) is 5.91 Å². The van der Waals surface area contributed by atoms with Gasteiger partial charge in [-0.15, -0.1) is 0 Å². The number of amides is 1. The number of methoxy groups -OCH3 is 1. The van der Waals surface area contributed by atoms with Crippen molar-refractivity contribution in [3.63, 3.8) is 0 Å². The monoisotopic (exact) mass is 197 g/mol. The van der Waals surface area contributed by atoms with Crippen molar-refractivity contribution in [1.29, 1.82) is 5.41 Å². The third kappa shape index (κ3) is 2.11. The van der Waals surface area contributed by atoms with Gasteiger partial charge in [-0.1, -0.05) is 0 Å². The number of carbonyl (C=O) groups excluding carboxylic acids is 1. The van der Waals surface area contributed by atoms with Crippen LogP contribution in [-0.4, -0.2) is 43.3 Å². The summed E-state index contributed by atoms with van der Waals surface area (Å²) in [7, 11) is 1.59. The third-order valence-electron chi connectivity index (χ3n) is 2.21. The van der Waals surface area contributed by atoms with Gasteiger partial charge in [0.2, 0.25) is 0 Å². The molecule has 5 heteroatoms. The molecule has 0 aromatic rings. The molecule has 0 aromatic carbocycles. The molecular formula is C9H15N3O2. The number of likely N-dealkylation sites (tertiary alicyclic amines) is 1. The van der Waals surface area contributed by atoms with E-state index in [2.05, 4.69) is 0 Å². The van der Waals surface area contributed by atoms with Crippen molar-refractivity contribution in [2.24, 2.45) is 5.73 Å². The molecule has 1 amide bonds. The van der Waals surface area contributed by atoms with Crippen LogP contribution in [0.25, 0.3) is 0 Å². The van der Waals surface area contributed by atoms with E-state index in [0.29, 0.717) is 37.4 Å². The normalized spacial score (nSPS) is 20.6. The lowest BCUT2D eigenvalue weighted by Crippen LogP contribution is -2.42. The number of carbonyl (C=O) groups is 1. The van der Waals surface area contributed by atoms with Gasteiger partial charge in [-0.05, 0) is 0 Å². The summed E-state index contributed by atoms with van der Waals surface area (Å²) in [4.78, 5) is 13.3. The molecule has 1 fully saturated rings. The molecule has 1 rings (SSSR count). The SMILES string of the molecule is COCCN1CCC(=N)/C(=C\N)C1=O. The topological polar surface area (TPSA) is 79.4 Å². The molecule has 14 heavy (non-hydrogen) atoms. The van der Waals surface area contributed by atoms with E-state index >= 15 is 0 Å². The molecule has 1 heterocycles. The van der Waals surface area contributed by atoms with Crippen molar-refractivity contribution >= 4 is 11.6 Å². The first-order valence-electron chi connectivity index (χ1n) is 4.48. The predicted molar refractivity (Wildman–Crippen MR) is 53.1 cm³/mol. The van der Waals surface area contributed by atoms with Crippen molar-refractivity contribution < 1.29 is 9.53 Å². The van der Waals surface area contributed by atoms with E-state index in [-0.39, 0.29) is 5.91 Å². The molecule has 0 unspecified atom stereocenters. The Balaban J connectivity index is 2.65. The lowest BCUT2D eigenvalue weighted by Gasteiger charge is -2.28. The van der Waals surface area contributed by atoms with Crippen LogP contribution < -0.4 is 5.73 Å². The number of nitrogens with one attached hydrogen (secondary N) is 1. The van der Waals surface area contributed by atoms with Crippen LogP contribution in [0.1, 0.15) is 6.42 Å². The first-order chi connectivity index (χ1) is 6.70. The molecule has 3 N–H and O–H groups in total. The summed E-state index contributed by atoms with van der Waals surface area (Å²) in [5, 5.41) is 7.52. The Bertz CT molecular complexity index is 273. The molecular weight excluding hydrogens is 182 g/mol. The summed E-state index contributed by atoms with van der Waals surface area (Å²) < 4.78 is 4.89. The van der Waals surface area contributed by atoms with Crippen LogP contribution >= 0.6 is 0 Å². The van der Waals surface area contributed by atoms with Crippen LogP contribution in [0.4, 0.5) is 0 Å². The highest BCUT2D eigenvalue weighted by atomic mass is 16.5. The summed E-state index contributed by atoms with van der Waals surface area (Å²) in [5.74, 6) is -0.166.